The summed E-state index contributed by atoms with van der Waals surface area (Å²) < 4.78 is 44.1. The van der Waals surface area contributed by atoms with Crippen LogP contribution >= 0.6 is 22.9 Å². The van der Waals surface area contributed by atoms with Gasteiger partial charge in [0.1, 0.15) is 17.4 Å². The van der Waals surface area contributed by atoms with Crippen LogP contribution in [0.5, 0.6) is 5.75 Å². The molecule has 2 heterocycles. The highest BCUT2D eigenvalue weighted by molar-refractivity contribution is 7.15. The summed E-state index contributed by atoms with van der Waals surface area (Å²) in [6, 6.07) is 9.89. The normalized spacial score (nSPS) is 15.7. The number of aldehydes is 1. The van der Waals surface area contributed by atoms with Gasteiger partial charge in [0.15, 0.2) is 12.1 Å². The highest BCUT2D eigenvalue weighted by Crippen LogP contribution is 2.33. The van der Waals surface area contributed by atoms with Crippen LogP contribution in [0.4, 0.5) is 13.2 Å². The predicted molar refractivity (Wildman–Crippen MR) is 114 cm³/mol. The number of carbonyl (C=O) groups excluding carboxylic acids is 1. The maximum atomic E-state index is 12.8. The van der Waals surface area contributed by atoms with Crippen molar-refractivity contribution in [2.24, 2.45) is 5.16 Å². The Morgan fingerprint density at radius 3 is 2.62 bits per heavy atom. The van der Waals surface area contributed by atoms with Crippen molar-refractivity contribution in [2.45, 2.75) is 25.9 Å². The maximum Gasteiger partial charge on any atom is 0.416 e. The van der Waals surface area contributed by atoms with Crippen LogP contribution < -0.4 is 10.1 Å². The van der Waals surface area contributed by atoms with Gasteiger partial charge in [0.25, 0.3) is 6.23 Å². The molecule has 0 bridgehead atoms. The Balaban J connectivity index is 1.44. The first-order chi connectivity index (χ1) is 15.2. The molecule has 1 atom stereocenters. The Labute approximate surface area is 189 Å². The van der Waals surface area contributed by atoms with Crippen molar-refractivity contribution in [1.29, 1.82) is 0 Å². The summed E-state index contributed by atoms with van der Waals surface area (Å²) in [5.41, 5.74) is 1.19. The van der Waals surface area contributed by atoms with E-state index in [9.17, 15) is 18.0 Å². The van der Waals surface area contributed by atoms with Gasteiger partial charge >= 0.3 is 6.18 Å². The van der Waals surface area contributed by atoms with Crippen molar-refractivity contribution in [1.82, 2.24) is 10.3 Å². The molecule has 1 unspecified atom stereocenters. The molecule has 11 heteroatoms. The number of nitrogens with one attached hydrogen (secondary N) is 1. The fraction of sp³-hybridized carbons (Fsp3) is 0.190. The highest BCUT2D eigenvalue weighted by Gasteiger charge is 2.30. The Kier molecular flexibility index (Phi) is 6.07. The summed E-state index contributed by atoms with van der Waals surface area (Å²) in [4.78, 5) is 20.9. The average molecular weight is 482 g/mol. The topological polar surface area (TPSA) is 72.8 Å². The number of benzene rings is 2. The number of nitrogens with zero attached hydrogens (tertiary/aromatic N) is 2. The van der Waals surface area contributed by atoms with E-state index in [0.717, 1.165) is 22.7 Å². The van der Waals surface area contributed by atoms with Crippen LogP contribution in [0.25, 0.3) is 10.6 Å². The lowest BCUT2D eigenvalue weighted by atomic mass is 10.1. The van der Waals surface area contributed by atoms with E-state index >= 15 is 0 Å². The molecule has 0 aliphatic carbocycles. The van der Waals surface area contributed by atoms with E-state index in [1.807, 2.05) is 6.92 Å². The molecular weight excluding hydrogens is 467 g/mol. The Hall–Kier alpha value is -3.11. The number of thiazole rings is 1. The van der Waals surface area contributed by atoms with Gasteiger partial charge in [-0.25, -0.2) is 4.98 Å². The molecule has 0 saturated heterocycles. The number of amidine groups is 1. The molecule has 1 aliphatic heterocycles. The van der Waals surface area contributed by atoms with Gasteiger partial charge in [-0.1, -0.05) is 28.9 Å². The zero-order valence-electron chi connectivity index (χ0n) is 16.4. The zero-order chi connectivity index (χ0) is 22.9. The number of oxime groups is 1. The Morgan fingerprint density at radius 1 is 1.25 bits per heavy atom. The van der Waals surface area contributed by atoms with E-state index in [2.05, 4.69) is 15.5 Å². The summed E-state index contributed by atoms with van der Waals surface area (Å²) >= 11 is 7.65. The first kappa shape index (κ1) is 22.1. The van der Waals surface area contributed by atoms with Gasteiger partial charge in [0.2, 0.25) is 0 Å². The van der Waals surface area contributed by atoms with Crippen LogP contribution in [-0.2, 0) is 22.4 Å². The molecule has 1 N–H and O–H groups in total. The molecule has 0 amide bonds. The molecule has 1 aliphatic rings. The molecule has 0 spiro atoms. The van der Waals surface area contributed by atoms with Gasteiger partial charge < -0.3 is 14.9 Å². The summed E-state index contributed by atoms with van der Waals surface area (Å²) in [5.74, 6) is 0.854. The largest absolute Gasteiger partial charge is 0.488 e. The average Bonchev–Trinajstić information content (AvgIpc) is 3.38. The smallest absolute Gasteiger partial charge is 0.416 e. The van der Waals surface area contributed by atoms with Crippen molar-refractivity contribution < 1.29 is 27.5 Å². The number of hydrogen-bond acceptors (Lipinski definition) is 7. The van der Waals surface area contributed by atoms with E-state index in [4.69, 9.17) is 21.2 Å². The van der Waals surface area contributed by atoms with Crippen LogP contribution in [-0.4, -0.2) is 23.3 Å². The van der Waals surface area contributed by atoms with Crippen LogP contribution in [0.15, 0.2) is 47.6 Å². The quantitative estimate of drug-likeness (QED) is 0.491. The first-order valence-electron chi connectivity index (χ1n) is 9.27. The molecule has 6 nitrogen and oxygen atoms in total. The molecule has 0 fully saturated rings. The van der Waals surface area contributed by atoms with Crippen LogP contribution in [0, 0.1) is 6.92 Å². The lowest BCUT2D eigenvalue weighted by molar-refractivity contribution is -0.137. The standard InChI is InChI=1S/C21H15ClF3N3O3S/c1-11-17(32-20(26-11)12-2-4-13(5-3-12)21(23,24)25)10-30-14-6-7-15(16(22)8-14)19-27-18(9-29)31-28-19/h2-9,18H,10H2,1H3,(H,27,28). The number of ether oxygens (including phenoxy) is 1. The Morgan fingerprint density at radius 2 is 2.00 bits per heavy atom. The van der Waals surface area contributed by atoms with Gasteiger partial charge in [0, 0.05) is 11.1 Å². The third-order valence-corrected chi connectivity index (χ3v) is 6.07. The van der Waals surface area contributed by atoms with Crippen LogP contribution in [0.2, 0.25) is 5.02 Å². The molecule has 166 valence electrons. The summed E-state index contributed by atoms with van der Waals surface area (Å²) in [5, 5.41) is 7.53. The van der Waals surface area contributed by atoms with Gasteiger partial charge in [-0.2, -0.15) is 13.2 Å². The maximum absolute atomic E-state index is 12.8. The SMILES string of the molecule is Cc1nc(-c2ccc(C(F)(F)F)cc2)sc1COc1ccc(C2=NOC(C=O)N2)c(Cl)c1. The van der Waals surface area contributed by atoms with E-state index < -0.39 is 18.0 Å². The van der Waals surface area contributed by atoms with E-state index in [0.29, 0.717) is 39.0 Å². The van der Waals surface area contributed by atoms with E-state index in [1.54, 1.807) is 18.2 Å². The second-order valence-electron chi connectivity index (χ2n) is 6.78. The third kappa shape index (κ3) is 4.71. The number of hydrogen-bond donors (Lipinski definition) is 1. The molecule has 3 aromatic rings. The molecule has 0 saturated carbocycles. The predicted octanol–water partition coefficient (Wildman–Crippen LogP) is 5.18. The van der Waals surface area contributed by atoms with Crippen molar-refractivity contribution in [2.75, 3.05) is 0 Å². The number of rotatable bonds is 6. The van der Waals surface area contributed by atoms with Crippen LogP contribution in [0.1, 0.15) is 21.7 Å². The number of carbonyl (C=O) groups is 1. The van der Waals surface area contributed by atoms with Gasteiger partial charge in [-0.15, -0.1) is 11.3 Å². The fourth-order valence-corrected chi connectivity index (χ4v) is 4.14. The number of alkyl halides is 3. The number of aromatic nitrogens is 1. The number of aryl methyl sites for hydroxylation is 1. The Bertz CT molecular complexity index is 1180. The van der Waals surface area contributed by atoms with E-state index in [-0.39, 0.29) is 6.61 Å². The second kappa shape index (κ2) is 8.79. The molecule has 1 aromatic heterocycles. The van der Waals surface area contributed by atoms with E-state index in [1.165, 1.54) is 23.5 Å². The van der Waals surface area contributed by atoms with Crippen molar-refractivity contribution in [3.63, 3.8) is 0 Å². The number of halogens is 4. The van der Waals surface area contributed by atoms with Gasteiger partial charge in [-0.05, 0) is 37.3 Å². The van der Waals surface area contributed by atoms with Crippen molar-refractivity contribution >= 4 is 35.1 Å². The first-order valence-corrected chi connectivity index (χ1v) is 10.5. The highest BCUT2D eigenvalue weighted by atomic mass is 35.5. The lowest BCUT2D eigenvalue weighted by Crippen LogP contribution is -2.31. The minimum atomic E-state index is -4.38. The monoisotopic (exact) mass is 481 g/mol. The lowest BCUT2D eigenvalue weighted by Gasteiger charge is -2.09. The minimum Gasteiger partial charge on any atom is -0.488 e. The van der Waals surface area contributed by atoms with Crippen molar-refractivity contribution in [3.05, 3.63) is 69.2 Å². The van der Waals surface area contributed by atoms with Crippen molar-refractivity contribution in [3.8, 4) is 16.3 Å². The minimum absolute atomic E-state index is 0.218. The zero-order valence-corrected chi connectivity index (χ0v) is 18.0. The molecular formula is C21H15ClF3N3O3S. The van der Waals surface area contributed by atoms with Crippen LogP contribution in [0.3, 0.4) is 0 Å². The van der Waals surface area contributed by atoms with Gasteiger partial charge in [-0.3, -0.25) is 4.79 Å². The molecule has 0 radical (unpaired) electrons. The van der Waals surface area contributed by atoms with Gasteiger partial charge in [0.05, 0.1) is 21.2 Å². The second-order valence-corrected chi connectivity index (χ2v) is 8.27. The third-order valence-electron chi connectivity index (χ3n) is 4.58. The molecule has 2 aromatic carbocycles. The summed E-state index contributed by atoms with van der Waals surface area (Å²) in [6.45, 7) is 2.03. The molecule has 32 heavy (non-hydrogen) atoms. The summed E-state index contributed by atoms with van der Waals surface area (Å²) in [6.07, 6.45) is -4.64. The fourth-order valence-electron chi connectivity index (χ4n) is 2.90. The summed E-state index contributed by atoms with van der Waals surface area (Å²) in [7, 11) is 0. The molecule has 4 rings (SSSR count).